The van der Waals surface area contributed by atoms with Gasteiger partial charge in [0.2, 0.25) is 0 Å². The monoisotopic (exact) mass is 433 g/mol. The van der Waals surface area contributed by atoms with Crippen molar-refractivity contribution in [3.05, 3.63) is 10.4 Å². The van der Waals surface area contributed by atoms with Crippen LogP contribution in [0.3, 0.4) is 0 Å². The Hall–Kier alpha value is -0.0300. The van der Waals surface area contributed by atoms with Crippen LogP contribution in [-0.4, -0.2) is 74.4 Å². The number of hydrogen-bond acceptors (Lipinski definition) is 8. The van der Waals surface area contributed by atoms with Crippen LogP contribution >= 0.6 is 23.5 Å². The molecule has 5 unspecified atom stereocenters. The first-order valence-electron chi connectivity index (χ1n) is 10.5. The molecule has 2 heterocycles. The summed E-state index contributed by atoms with van der Waals surface area (Å²) in [5.41, 5.74) is 5.72. The van der Waals surface area contributed by atoms with Crippen molar-refractivity contribution in [3.8, 4) is 0 Å². The quantitative estimate of drug-likeness (QED) is 0.452. The normalized spacial score (nSPS) is 27.1. The molecule has 7 nitrogen and oxygen atoms in total. The van der Waals surface area contributed by atoms with E-state index in [-0.39, 0.29) is 0 Å². The Kier molecular flexibility index (Phi) is 10.9. The van der Waals surface area contributed by atoms with Gasteiger partial charge in [-0.05, 0) is 71.1 Å². The number of thioether (sulfide) groups is 2. The summed E-state index contributed by atoms with van der Waals surface area (Å²) in [4.78, 5) is 11.1. The standard InChI is InChI=1S/C19H35N3O4S2/c1-2-3-14(27-16-8-10-21(25)12-16)4-5-15(6-7-18(20)19(23)24)28-17-9-11-22(26)13-17/h14-18H,2-13,20H2,1H3,(H,23,24)/q-2. The third kappa shape index (κ3) is 8.77. The van der Waals surface area contributed by atoms with Crippen LogP contribution in [0.25, 0.3) is 0 Å². The summed E-state index contributed by atoms with van der Waals surface area (Å²) in [6.07, 6.45) is 7.48. The average Bonchev–Trinajstić information content (AvgIpc) is 3.24. The van der Waals surface area contributed by atoms with Gasteiger partial charge in [-0.25, -0.2) is 0 Å². The first kappa shape index (κ1) is 24.2. The van der Waals surface area contributed by atoms with Crippen molar-refractivity contribution in [2.75, 3.05) is 26.2 Å². The van der Waals surface area contributed by atoms with E-state index in [0.717, 1.165) is 50.0 Å². The maximum Gasteiger partial charge on any atom is 0.320 e. The number of nitrogens with two attached hydrogens (primary N) is 1. The fourth-order valence-electron chi connectivity index (χ4n) is 3.91. The molecule has 9 heteroatoms. The molecule has 0 spiro atoms. The van der Waals surface area contributed by atoms with Crippen LogP contribution in [0.4, 0.5) is 0 Å². The van der Waals surface area contributed by atoms with Gasteiger partial charge in [0.25, 0.3) is 0 Å². The van der Waals surface area contributed by atoms with Crippen molar-refractivity contribution in [1.82, 2.24) is 10.1 Å². The molecular formula is C19H35N3O4S2-2. The molecule has 164 valence electrons. The fraction of sp³-hybridized carbons (Fsp3) is 0.947. The largest absolute Gasteiger partial charge is 0.785 e. The minimum Gasteiger partial charge on any atom is -0.785 e. The first-order valence-corrected chi connectivity index (χ1v) is 12.4. The average molecular weight is 434 g/mol. The van der Waals surface area contributed by atoms with Crippen LogP contribution in [0.15, 0.2) is 0 Å². The van der Waals surface area contributed by atoms with Gasteiger partial charge in [-0.3, -0.25) is 4.79 Å². The number of nitrogens with zero attached hydrogens (tertiary/aromatic N) is 2. The molecular weight excluding hydrogens is 398 g/mol. The summed E-state index contributed by atoms with van der Waals surface area (Å²) < 4.78 is 0. The third-order valence-electron chi connectivity index (χ3n) is 5.52. The number of aliphatic carboxylic acids is 1. The highest BCUT2D eigenvalue weighted by atomic mass is 32.2. The summed E-state index contributed by atoms with van der Waals surface area (Å²) >= 11 is 3.82. The Morgan fingerprint density at radius 2 is 1.46 bits per heavy atom. The van der Waals surface area contributed by atoms with E-state index in [1.807, 2.05) is 23.5 Å². The molecule has 2 fully saturated rings. The predicted octanol–water partition coefficient (Wildman–Crippen LogP) is 3.11. The van der Waals surface area contributed by atoms with Crippen molar-refractivity contribution >= 4 is 29.5 Å². The molecule has 0 bridgehead atoms. The van der Waals surface area contributed by atoms with Crippen LogP contribution in [0, 0.1) is 10.4 Å². The summed E-state index contributed by atoms with van der Waals surface area (Å²) in [5.74, 6) is -0.946. The van der Waals surface area contributed by atoms with E-state index >= 15 is 0 Å². The molecule has 0 saturated carbocycles. The van der Waals surface area contributed by atoms with E-state index in [9.17, 15) is 15.2 Å². The summed E-state index contributed by atoms with van der Waals surface area (Å²) in [6, 6.07) is -0.815. The molecule has 2 aliphatic rings. The molecule has 2 rings (SSSR count). The Labute approximate surface area is 177 Å². The maximum absolute atomic E-state index is 11.5. The lowest BCUT2D eigenvalue weighted by molar-refractivity contribution is -0.138. The predicted molar refractivity (Wildman–Crippen MR) is 118 cm³/mol. The van der Waals surface area contributed by atoms with Gasteiger partial charge in [0.1, 0.15) is 6.04 Å². The number of rotatable bonds is 13. The van der Waals surface area contributed by atoms with Gasteiger partial charge in [0.05, 0.1) is 0 Å². The third-order valence-corrected chi connectivity index (χ3v) is 8.78. The van der Waals surface area contributed by atoms with E-state index < -0.39 is 12.0 Å². The lowest BCUT2D eigenvalue weighted by atomic mass is 10.0. The van der Waals surface area contributed by atoms with Crippen molar-refractivity contribution in [2.45, 2.75) is 85.3 Å². The Balaban J connectivity index is 1.85. The highest BCUT2D eigenvalue weighted by Gasteiger charge is 2.26. The van der Waals surface area contributed by atoms with Gasteiger partial charge in [0.15, 0.2) is 0 Å². The molecule has 3 N–H and O–H groups in total. The number of carbonyl (C=O) groups is 1. The Morgan fingerprint density at radius 1 is 1.00 bits per heavy atom. The molecule has 2 aliphatic heterocycles. The topological polar surface area (TPSA) is 116 Å². The second-order valence-corrected chi connectivity index (χ2v) is 11.2. The van der Waals surface area contributed by atoms with Crippen molar-refractivity contribution in [2.24, 2.45) is 5.73 Å². The Bertz CT molecular complexity index is 474. The SMILES string of the molecule is CCCC(CCC(CCC(N)C(=O)O)SC1CCN([O-])C1)SC1CCN([O-])C1. The summed E-state index contributed by atoms with van der Waals surface area (Å²) in [7, 11) is 0. The second kappa shape index (κ2) is 12.6. The van der Waals surface area contributed by atoms with Crippen LogP contribution in [0.1, 0.15) is 58.3 Å². The van der Waals surface area contributed by atoms with Gasteiger partial charge in [-0.15, -0.1) is 0 Å². The van der Waals surface area contributed by atoms with E-state index in [4.69, 9.17) is 10.8 Å². The number of hydrogen-bond donors (Lipinski definition) is 2. The summed E-state index contributed by atoms with van der Waals surface area (Å²) in [6.45, 7) is 4.65. The molecule has 0 amide bonds. The molecule has 0 aromatic heterocycles. The molecule has 2 saturated heterocycles. The molecule has 0 aromatic rings. The van der Waals surface area contributed by atoms with Crippen LogP contribution in [0.2, 0.25) is 0 Å². The Morgan fingerprint density at radius 3 is 1.86 bits per heavy atom. The van der Waals surface area contributed by atoms with Gasteiger partial charge < -0.3 is 31.4 Å². The van der Waals surface area contributed by atoms with Gasteiger partial charge >= 0.3 is 5.97 Å². The zero-order valence-corrected chi connectivity index (χ0v) is 18.5. The zero-order chi connectivity index (χ0) is 20.5. The van der Waals surface area contributed by atoms with E-state index in [2.05, 4.69) is 6.92 Å². The smallest absolute Gasteiger partial charge is 0.320 e. The van der Waals surface area contributed by atoms with Crippen LogP contribution in [0.5, 0.6) is 0 Å². The van der Waals surface area contributed by atoms with E-state index in [1.165, 1.54) is 5.06 Å². The van der Waals surface area contributed by atoms with Crippen molar-refractivity contribution < 1.29 is 9.90 Å². The molecule has 0 aliphatic carbocycles. The lowest BCUT2D eigenvalue weighted by Gasteiger charge is -2.26. The number of carboxylic acids is 1. The molecule has 5 atom stereocenters. The van der Waals surface area contributed by atoms with Gasteiger partial charge in [0, 0.05) is 21.0 Å². The number of hydroxylamine groups is 4. The zero-order valence-electron chi connectivity index (χ0n) is 16.8. The lowest BCUT2D eigenvalue weighted by Crippen LogP contribution is -2.31. The fourth-order valence-corrected chi connectivity index (χ4v) is 7.17. The highest BCUT2D eigenvalue weighted by molar-refractivity contribution is 8.00. The minimum absolute atomic E-state index is 0.335. The first-order chi connectivity index (χ1) is 13.4. The van der Waals surface area contributed by atoms with E-state index in [1.54, 1.807) is 0 Å². The molecule has 0 radical (unpaired) electrons. The van der Waals surface area contributed by atoms with Crippen molar-refractivity contribution in [1.29, 1.82) is 0 Å². The van der Waals surface area contributed by atoms with Crippen molar-refractivity contribution in [3.63, 3.8) is 0 Å². The maximum atomic E-state index is 11.5. The summed E-state index contributed by atoms with van der Waals surface area (Å²) in [5, 5.41) is 36.0. The minimum atomic E-state index is -0.946. The molecule has 28 heavy (non-hydrogen) atoms. The highest BCUT2D eigenvalue weighted by Crippen LogP contribution is 2.35. The van der Waals surface area contributed by atoms with Crippen LogP contribution < -0.4 is 5.73 Å². The molecule has 0 aromatic carbocycles. The van der Waals surface area contributed by atoms with E-state index in [0.29, 0.717) is 53.6 Å². The van der Waals surface area contributed by atoms with Crippen LogP contribution in [-0.2, 0) is 4.79 Å². The van der Waals surface area contributed by atoms with Gasteiger partial charge in [-0.1, -0.05) is 13.3 Å². The number of carboxylic acid groups (broad SMARTS) is 1. The second-order valence-electron chi connectivity index (χ2n) is 8.00. The van der Waals surface area contributed by atoms with Gasteiger partial charge in [-0.2, -0.15) is 23.5 Å².